The number of benzene rings is 1. The van der Waals surface area contributed by atoms with Gasteiger partial charge in [0.2, 0.25) is 0 Å². The molecule has 4 rings (SSSR count). The van der Waals surface area contributed by atoms with Crippen LogP contribution in [0, 0.1) is 5.82 Å². The lowest BCUT2D eigenvalue weighted by Gasteiger charge is -2.33. The Kier molecular flexibility index (Phi) is 6.24. The Hall–Kier alpha value is -2.67. The van der Waals surface area contributed by atoms with E-state index < -0.39 is 0 Å². The molecule has 1 atom stereocenters. The molecular weight excluding hydrogens is 371 g/mol. The van der Waals surface area contributed by atoms with E-state index in [4.69, 9.17) is 4.74 Å². The molecule has 1 aromatic carbocycles. The fourth-order valence-electron chi connectivity index (χ4n) is 3.89. The number of halogens is 1. The molecule has 3 heterocycles. The van der Waals surface area contributed by atoms with Crippen molar-refractivity contribution in [3.05, 3.63) is 54.0 Å². The second-order valence-electron chi connectivity index (χ2n) is 7.54. The van der Waals surface area contributed by atoms with Gasteiger partial charge in [-0.1, -0.05) is 18.2 Å². The number of carbonyl (C=O) groups excluding carboxylic acids is 1. The molecule has 1 aromatic heterocycles. The maximum absolute atomic E-state index is 13.9. The zero-order chi connectivity index (χ0) is 20.1. The zero-order valence-corrected chi connectivity index (χ0v) is 16.5. The van der Waals surface area contributed by atoms with Gasteiger partial charge in [-0.15, -0.1) is 0 Å². The summed E-state index contributed by atoms with van der Waals surface area (Å²) in [4.78, 5) is 21.7. The van der Waals surface area contributed by atoms with Crippen LogP contribution in [0.3, 0.4) is 0 Å². The highest BCUT2D eigenvalue weighted by molar-refractivity contribution is 5.92. The Labute approximate surface area is 170 Å². The zero-order valence-electron chi connectivity index (χ0n) is 16.5. The highest BCUT2D eigenvalue weighted by Crippen LogP contribution is 2.22. The molecule has 2 saturated heterocycles. The van der Waals surface area contributed by atoms with Gasteiger partial charge in [-0.05, 0) is 50.1 Å². The largest absolute Gasteiger partial charge is 0.486 e. The van der Waals surface area contributed by atoms with E-state index in [0.717, 1.165) is 51.3 Å². The Morgan fingerprint density at radius 2 is 1.97 bits per heavy atom. The third-order valence-electron chi connectivity index (χ3n) is 5.41. The molecule has 0 unspecified atom stereocenters. The fraction of sp³-hybridized carbons (Fsp3) is 0.455. The summed E-state index contributed by atoms with van der Waals surface area (Å²) in [6, 6.07) is 12.0. The van der Waals surface area contributed by atoms with E-state index in [0.29, 0.717) is 18.8 Å². The van der Waals surface area contributed by atoms with Crippen LogP contribution < -0.4 is 15.0 Å². The predicted octanol–water partition coefficient (Wildman–Crippen LogP) is 2.70. The molecule has 0 saturated carbocycles. The van der Waals surface area contributed by atoms with E-state index in [1.807, 2.05) is 12.1 Å². The van der Waals surface area contributed by atoms with E-state index in [2.05, 4.69) is 15.2 Å². The predicted molar refractivity (Wildman–Crippen MR) is 110 cm³/mol. The molecule has 2 aliphatic heterocycles. The molecule has 0 radical (unpaired) electrons. The topological polar surface area (TPSA) is 57.7 Å². The number of likely N-dealkylation sites (tertiary alicyclic amines) is 1. The standard InChI is InChI=1S/C22H27FN4O2/c23-18-7-1-2-9-20(18)29-17-6-4-13-27(16-17)22(28)19-8-3-10-21(25-19)26-14-5-11-24-12-15-26/h1-3,7-10,17,24H,4-6,11-16H2/t17-/m1/s1. The van der Waals surface area contributed by atoms with Crippen LogP contribution in [0.2, 0.25) is 0 Å². The van der Waals surface area contributed by atoms with Crippen molar-refractivity contribution in [2.45, 2.75) is 25.4 Å². The molecule has 6 nitrogen and oxygen atoms in total. The summed E-state index contributed by atoms with van der Waals surface area (Å²) in [6.07, 6.45) is 2.46. The van der Waals surface area contributed by atoms with Crippen molar-refractivity contribution in [3.8, 4) is 5.75 Å². The summed E-state index contributed by atoms with van der Waals surface area (Å²) in [5.41, 5.74) is 0.450. The van der Waals surface area contributed by atoms with Crippen LogP contribution in [0.15, 0.2) is 42.5 Å². The number of aromatic nitrogens is 1. The summed E-state index contributed by atoms with van der Waals surface area (Å²) in [5.74, 6) is 0.608. The number of carbonyl (C=O) groups is 1. The van der Waals surface area contributed by atoms with E-state index in [9.17, 15) is 9.18 Å². The number of anilines is 1. The summed E-state index contributed by atoms with van der Waals surface area (Å²) in [6.45, 7) is 4.84. The number of amides is 1. The minimum absolute atomic E-state index is 0.0957. The lowest BCUT2D eigenvalue weighted by molar-refractivity contribution is 0.0524. The Bertz CT molecular complexity index is 839. The van der Waals surface area contributed by atoms with Crippen molar-refractivity contribution in [3.63, 3.8) is 0 Å². The average molecular weight is 398 g/mol. The van der Waals surface area contributed by atoms with Gasteiger partial charge in [0, 0.05) is 26.2 Å². The quantitative estimate of drug-likeness (QED) is 0.858. The highest BCUT2D eigenvalue weighted by atomic mass is 19.1. The minimum Gasteiger partial charge on any atom is -0.486 e. The molecule has 1 N–H and O–H groups in total. The monoisotopic (exact) mass is 398 g/mol. The number of nitrogens with zero attached hydrogens (tertiary/aromatic N) is 3. The SMILES string of the molecule is O=C(c1cccc(N2CCCNCC2)n1)N1CCC[C@@H](Oc2ccccc2F)C1. The fourth-order valence-corrected chi connectivity index (χ4v) is 3.89. The van der Waals surface area contributed by atoms with E-state index in [1.54, 1.807) is 29.2 Å². The summed E-state index contributed by atoms with van der Waals surface area (Å²) >= 11 is 0. The van der Waals surface area contributed by atoms with Gasteiger partial charge in [0.1, 0.15) is 17.6 Å². The molecule has 2 aromatic rings. The van der Waals surface area contributed by atoms with Crippen molar-refractivity contribution < 1.29 is 13.9 Å². The summed E-state index contributed by atoms with van der Waals surface area (Å²) in [5, 5.41) is 3.38. The van der Waals surface area contributed by atoms with Crippen LogP contribution in [-0.4, -0.2) is 61.2 Å². The van der Waals surface area contributed by atoms with Gasteiger partial charge < -0.3 is 19.9 Å². The van der Waals surface area contributed by atoms with E-state index >= 15 is 0 Å². The number of nitrogens with one attached hydrogen (secondary N) is 1. The van der Waals surface area contributed by atoms with E-state index in [1.165, 1.54) is 6.07 Å². The number of pyridine rings is 1. The van der Waals surface area contributed by atoms with Crippen LogP contribution in [0.1, 0.15) is 29.8 Å². The highest BCUT2D eigenvalue weighted by Gasteiger charge is 2.27. The Morgan fingerprint density at radius 1 is 1.07 bits per heavy atom. The Balaban J connectivity index is 1.43. The Morgan fingerprint density at radius 3 is 2.86 bits per heavy atom. The van der Waals surface area contributed by atoms with Gasteiger partial charge in [-0.2, -0.15) is 0 Å². The summed E-state index contributed by atoms with van der Waals surface area (Å²) < 4.78 is 19.7. The van der Waals surface area contributed by atoms with Crippen LogP contribution in [0.4, 0.5) is 10.2 Å². The van der Waals surface area contributed by atoms with E-state index in [-0.39, 0.29) is 23.6 Å². The van der Waals surface area contributed by atoms with Crippen molar-refractivity contribution >= 4 is 11.7 Å². The maximum atomic E-state index is 13.9. The first-order valence-corrected chi connectivity index (χ1v) is 10.3. The maximum Gasteiger partial charge on any atom is 0.272 e. The normalized spacial score (nSPS) is 20.2. The smallest absolute Gasteiger partial charge is 0.272 e. The summed E-state index contributed by atoms with van der Waals surface area (Å²) in [7, 11) is 0. The molecule has 7 heteroatoms. The van der Waals surface area contributed by atoms with Crippen LogP contribution in [0.25, 0.3) is 0 Å². The van der Waals surface area contributed by atoms with Crippen LogP contribution in [-0.2, 0) is 0 Å². The number of hydrogen-bond acceptors (Lipinski definition) is 5. The molecule has 2 aliphatic rings. The minimum atomic E-state index is -0.378. The first kappa shape index (κ1) is 19.6. The number of ether oxygens (including phenoxy) is 1. The lowest BCUT2D eigenvalue weighted by Crippen LogP contribution is -2.44. The van der Waals surface area contributed by atoms with Crippen molar-refractivity contribution in [2.75, 3.05) is 44.2 Å². The lowest BCUT2D eigenvalue weighted by atomic mass is 10.1. The molecule has 0 aliphatic carbocycles. The second kappa shape index (κ2) is 9.22. The number of rotatable bonds is 4. The first-order valence-electron chi connectivity index (χ1n) is 10.3. The molecular formula is C22H27FN4O2. The third-order valence-corrected chi connectivity index (χ3v) is 5.41. The molecule has 29 heavy (non-hydrogen) atoms. The van der Waals surface area contributed by atoms with Gasteiger partial charge in [0.15, 0.2) is 11.6 Å². The molecule has 154 valence electrons. The van der Waals surface area contributed by atoms with Crippen molar-refractivity contribution in [1.82, 2.24) is 15.2 Å². The van der Waals surface area contributed by atoms with Gasteiger partial charge in [0.25, 0.3) is 5.91 Å². The average Bonchev–Trinajstić information content (AvgIpc) is 3.05. The van der Waals surface area contributed by atoms with Crippen molar-refractivity contribution in [2.24, 2.45) is 0 Å². The van der Waals surface area contributed by atoms with Crippen molar-refractivity contribution in [1.29, 1.82) is 0 Å². The van der Waals surface area contributed by atoms with Gasteiger partial charge in [0.05, 0.1) is 6.54 Å². The second-order valence-corrected chi connectivity index (χ2v) is 7.54. The van der Waals surface area contributed by atoms with Gasteiger partial charge in [-0.25, -0.2) is 9.37 Å². The number of para-hydroxylation sites is 1. The number of hydrogen-bond donors (Lipinski definition) is 1. The first-order chi connectivity index (χ1) is 14.2. The molecule has 0 bridgehead atoms. The van der Waals surface area contributed by atoms with Crippen LogP contribution in [0.5, 0.6) is 5.75 Å². The molecule has 1 amide bonds. The molecule has 0 spiro atoms. The molecule has 2 fully saturated rings. The van der Waals surface area contributed by atoms with Gasteiger partial charge in [-0.3, -0.25) is 4.79 Å². The number of piperidine rings is 1. The third kappa shape index (κ3) is 4.85. The van der Waals surface area contributed by atoms with Gasteiger partial charge >= 0.3 is 0 Å². The van der Waals surface area contributed by atoms with Crippen LogP contribution >= 0.6 is 0 Å².